The minimum absolute atomic E-state index is 0.260. The van der Waals surface area contributed by atoms with E-state index in [1.54, 1.807) is 0 Å². The minimum Gasteiger partial charge on any atom is -0.396 e. The zero-order chi connectivity index (χ0) is 13.8. The van der Waals surface area contributed by atoms with E-state index < -0.39 is 0 Å². The molecule has 0 amide bonds. The fraction of sp³-hybridized carbons (Fsp3) is 0.765. The zero-order valence-electron chi connectivity index (χ0n) is 12.5. The van der Waals surface area contributed by atoms with Gasteiger partial charge in [-0.3, -0.25) is 0 Å². The molecule has 0 aromatic rings. The first kappa shape index (κ1) is 17.4. The van der Waals surface area contributed by atoms with E-state index in [-0.39, 0.29) is 6.61 Å². The molecule has 0 aliphatic carbocycles. The van der Waals surface area contributed by atoms with E-state index in [1.807, 2.05) is 6.92 Å². The minimum atomic E-state index is 0.260. The molecular formula is C17H32O. The Hall–Kier alpha value is -0.560. The number of hydrogen-bond acceptors (Lipinski definition) is 1. The van der Waals surface area contributed by atoms with Crippen LogP contribution in [0.1, 0.15) is 71.6 Å². The molecule has 1 heteroatoms. The number of unbranched alkanes of at least 4 members (excludes halogenated alkanes) is 6. The lowest BCUT2D eigenvalue weighted by molar-refractivity contribution is 0.236. The first-order valence-electron chi connectivity index (χ1n) is 7.48. The number of aliphatic hydroxyl groups excluding tert-OH is 1. The van der Waals surface area contributed by atoms with Crippen LogP contribution in [0.15, 0.2) is 24.3 Å². The van der Waals surface area contributed by atoms with Gasteiger partial charge in [0.2, 0.25) is 0 Å². The highest BCUT2D eigenvalue weighted by molar-refractivity contribution is 4.95. The monoisotopic (exact) mass is 252 g/mol. The molecule has 0 heterocycles. The van der Waals surface area contributed by atoms with Crippen LogP contribution >= 0.6 is 0 Å². The molecule has 0 aliphatic rings. The van der Waals surface area contributed by atoms with Crippen molar-refractivity contribution in [1.82, 2.24) is 0 Å². The van der Waals surface area contributed by atoms with E-state index in [2.05, 4.69) is 20.1 Å². The van der Waals surface area contributed by atoms with Crippen molar-refractivity contribution in [3.8, 4) is 0 Å². The third kappa shape index (κ3) is 10.6. The second-order valence-corrected chi connectivity index (χ2v) is 5.70. The fourth-order valence-electron chi connectivity index (χ4n) is 2.19. The topological polar surface area (TPSA) is 20.2 Å². The van der Waals surface area contributed by atoms with Gasteiger partial charge < -0.3 is 5.11 Å². The van der Waals surface area contributed by atoms with Gasteiger partial charge in [0.1, 0.15) is 0 Å². The van der Waals surface area contributed by atoms with Crippen LogP contribution in [0.25, 0.3) is 0 Å². The summed E-state index contributed by atoms with van der Waals surface area (Å²) in [6.45, 7) is 12.2. The number of hydrogen-bond donors (Lipinski definition) is 1. The Kier molecular flexibility index (Phi) is 11.2. The Morgan fingerprint density at radius 1 is 0.889 bits per heavy atom. The summed E-state index contributed by atoms with van der Waals surface area (Å²) >= 11 is 0. The molecule has 0 bridgehead atoms. The summed E-state index contributed by atoms with van der Waals surface area (Å²) in [7, 11) is 0. The molecule has 0 aromatic heterocycles. The molecule has 0 aromatic carbocycles. The zero-order valence-corrected chi connectivity index (χ0v) is 12.5. The van der Waals surface area contributed by atoms with Crippen LogP contribution in [0.5, 0.6) is 0 Å². The summed E-state index contributed by atoms with van der Waals surface area (Å²) in [6.07, 6.45) is 11.5. The maximum Gasteiger partial charge on any atom is 0.0496 e. The summed E-state index contributed by atoms with van der Waals surface area (Å²) in [6, 6.07) is 0. The van der Waals surface area contributed by atoms with Gasteiger partial charge in [-0.2, -0.15) is 0 Å². The summed E-state index contributed by atoms with van der Waals surface area (Å²) in [4.78, 5) is 0. The molecule has 0 rings (SSSR count). The highest BCUT2D eigenvalue weighted by Crippen LogP contribution is 2.17. The molecule has 0 aliphatic heterocycles. The Balaban J connectivity index is 3.25. The lowest BCUT2D eigenvalue weighted by Gasteiger charge is -2.13. The van der Waals surface area contributed by atoms with Crippen molar-refractivity contribution >= 4 is 0 Å². The SMILES string of the molecule is C=C(C)CCCCCCCCCC(CO)C(=C)C. The van der Waals surface area contributed by atoms with E-state index in [4.69, 9.17) is 0 Å². The molecule has 0 spiro atoms. The molecule has 0 saturated heterocycles. The lowest BCUT2D eigenvalue weighted by Crippen LogP contribution is -2.06. The molecule has 0 saturated carbocycles. The third-order valence-electron chi connectivity index (χ3n) is 3.57. The Labute approximate surface area is 114 Å². The van der Waals surface area contributed by atoms with Crippen LogP contribution in [0.3, 0.4) is 0 Å². The first-order chi connectivity index (χ1) is 8.57. The molecule has 0 fully saturated rings. The van der Waals surface area contributed by atoms with Crippen LogP contribution in [0, 0.1) is 5.92 Å². The number of aliphatic hydroxyl groups is 1. The fourth-order valence-corrected chi connectivity index (χ4v) is 2.19. The van der Waals surface area contributed by atoms with Gasteiger partial charge in [-0.1, -0.05) is 56.3 Å². The summed E-state index contributed by atoms with van der Waals surface area (Å²) in [5, 5.41) is 9.17. The second kappa shape index (κ2) is 11.5. The van der Waals surface area contributed by atoms with Crippen molar-refractivity contribution in [3.63, 3.8) is 0 Å². The van der Waals surface area contributed by atoms with E-state index in [1.165, 1.54) is 56.9 Å². The van der Waals surface area contributed by atoms with E-state index >= 15 is 0 Å². The van der Waals surface area contributed by atoms with Gasteiger partial charge in [-0.15, -0.1) is 6.58 Å². The van der Waals surface area contributed by atoms with Gasteiger partial charge in [0, 0.05) is 12.5 Å². The Bertz CT molecular complexity index is 230. The van der Waals surface area contributed by atoms with Crippen LogP contribution in [0.4, 0.5) is 0 Å². The molecule has 0 radical (unpaired) electrons. The van der Waals surface area contributed by atoms with Crippen LogP contribution < -0.4 is 0 Å². The van der Waals surface area contributed by atoms with Crippen LogP contribution in [-0.2, 0) is 0 Å². The van der Waals surface area contributed by atoms with E-state index in [9.17, 15) is 5.11 Å². The van der Waals surface area contributed by atoms with Crippen molar-refractivity contribution < 1.29 is 5.11 Å². The van der Waals surface area contributed by atoms with Gasteiger partial charge in [0.05, 0.1) is 0 Å². The summed E-state index contributed by atoms with van der Waals surface area (Å²) in [5.74, 6) is 0.320. The number of allylic oxidation sites excluding steroid dienone is 1. The maximum absolute atomic E-state index is 9.17. The highest BCUT2D eigenvalue weighted by Gasteiger charge is 2.06. The summed E-state index contributed by atoms with van der Waals surface area (Å²) in [5.41, 5.74) is 2.43. The normalized spacial score (nSPS) is 12.4. The molecule has 1 nitrogen and oxygen atoms in total. The second-order valence-electron chi connectivity index (χ2n) is 5.70. The smallest absolute Gasteiger partial charge is 0.0496 e. The van der Waals surface area contributed by atoms with Crippen molar-refractivity contribution in [2.45, 2.75) is 71.6 Å². The van der Waals surface area contributed by atoms with Crippen LogP contribution in [0.2, 0.25) is 0 Å². The summed E-state index contributed by atoms with van der Waals surface area (Å²) < 4.78 is 0. The lowest BCUT2D eigenvalue weighted by atomic mass is 9.95. The molecule has 106 valence electrons. The first-order valence-corrected chi connectivity index (χ1v) is 7.48. The predicted molar refractivity (Wildman–Crippen MR) is 81.8 cm³/mol. The van der Waals surface area contributed by atoms with Crippen molar-refractivity contribution in [2.24, 2.45) is 5.92 Å². The molecule has 1 unspecified atom stereocenters. The predicted octanol–water partition coefficient (Wildman–Crippen LogP) is 5.26. The van der Waals surface area contributed by atoms with Crippen molar-refractivity contribution in [1.29, 1.82) is 0 Å². The standard InChI is InChI=1S/C17H32O/c1-15(2)12-10-8-6-5-7-9-11-13-17(14-18)16(3)4/h17-18H,1,3,5-14H2,2,4H3. The maximum atomic E-state index is 9.17. The molecule has 1 N–H and O–H groups in total. The Morgan fingerprint density at radius 3 is 1.83 bits per heavy atom. The van der Waals surface area contributed by atoms with Crippen LogP contribution in [-0.4, -0.2) is 11.7 Å². The van der Waals surface area contributed by atoms with Gasteiger partial charge >= 0.3 is 0 Å². The number of rotatable bonds is 12. The van der Waals surface area contributed by atoms with Crippen molar-refractivity contribution in [2.75, 3.05) is 6.61 Å². The average Bonchev–Trinajstić information content (AvgIpc) is 2.31. The van der Waals surface area contributed by atoms with E-state index in [0.717, 1.165) is 12.0 Å². The van der Waals surface area contributed by atoms with Gasteiger partial charge in [-0.05, 0) is 33.1 Å². The largest absolute Gasteiger partial charge is 0.396 e. The Morgan fingerprint density at radius 2 is 1.39 bits per heavy atom. The molecule has 18 heavy (non-hydrogen) atoms. The molecule has 1 atom stereocenters. The van der Waals surface area contributed by atoms with Crippen molar-refractivity contribution in [3.05, 3.63) is 24.3 Å². The third-order valence-corrected chi connectivity index (χ3v) is 3.57. The average molecular weight is 252 g/mol. The van der Waals surface area contributed by atoms with Gasteiger partial charge in [0.15, 0.2) is 0 Å². The van der Waals surface area contributed by atoms with E-state index in [0.29, 0.717) is 5.92 Å². The van der Waals surface area contributed by atoms with Gasteiger partial charge in [0.25, 0.3) is 0 Å². The van der Waals surface area contributed by atoms with Gasteiger partial charge in [-0.25, -0.2) is 0 Å². The molecular weight excluding hydrogens is 220 g/mol. The quantitative estimate of drug-likeness (QED) is 0.371. The highest BCUT2D eigenvalue weighted by atomic mass is 16.3.